The van der Waals surface area contributed by atoms with Crippen LogP contribution in [0.5, 0.6) is 28.7 Å². The number of hydrogen-bond acceptors (Lipinski definition) is 8. The Hall–Kier alpha value is -3.13. The molecule has 3 aliphatic rings. The van der Waals surface area contributed by atoms with E-state index in [2.05, 4.69) is 0 Å². The highest BCUT2D eigenvalue weighted by Crippen LogP contribution is 2.46. The van der Waals surface area contributed by atoms with Gasteiger partial charge in [0.15, 0.2) is 23.0 Å². The van der Waals surface area contributed by atoms with Gasteiger partial charge in [0.1, 0.15) is 0 Å². The molecular weight excluding hydrogens is 392 g/mol. The van der Waals surface area contributed by atoms with Gasteiger partial charge in [0, 0.05) is 5.92 Å². The highest BCUT2D eigenvalue weighted by molar-refractivity contribution is 5.76. The summed E-state index contributed by atoms with van der Waals surface area (Å²) in [6.07, 6.45) is -0.0632. The highest BCUT2D eigenvalue weighted by atomic mass is 16.7. The van der Waals surface area contributed by atoms with Gasteiger partial charge in [-0.15, -0.1) is 0 Å². The number of aromatic hydroxyl groups is 1. The van der Waals surface area contributed by atoms with Crippen molar-refractivity contribution < 1.29 is 38.7 Å². The van der Waals surface area contributed by atoms with Gasteiger partial charge >= 0.3 is 5.97 Å². The number of carbonyl (C=O) groups is 1. The van der Waals surface area contributed by atoms with Crippen molar-refractivity contribution >= 4 is 5.97 Å². The quantitative estimate of drug-likeness (QED) is 0.720. The van der Waals surface area contributed by atoms with E-state index in [9.17, 15) is 15.0 Å². The molecule has 0 saturated carbocycles. The molecule has 0 aromatic heterocycles. The molecule has 8 nitrogen and oxygen atoms in total. The molecule has 30 heavy (non-hydrogen) atoms. The molecule has 2 aliphatic heterocycles. The standard InChI is InChI=1S/C13H12O5.C9H12O3/c14-12-7-3-11-10(17-5-18-11)2-6(7)1-8-9(12)4-16-13(8)15;1-6-4-7(11-2)9(10)8(5-6)12-3/h2-3,8-9,12,14H,1,4-5H2;4-5,10H,1-3H3/t8-,9?,12?;/m1./s1. The number of fused-ring (bicyclic) bond motifs is 3. The summed E-state index contributed by atoms with van der Waals surface area (Å²) in [5.41, 5.74) is 2.77. The van der Waals surface area contributed by atoms with Crippen molar-refractivity contribution in [2.75, 3.05) is 27.6 Å². The van der Waals surface area contributed by atoms with Gasteiger partial charge in [-0.3, -0.25) is 4.79 Å². The monoisotopic (exact) mass is 416 g/mol. The van der Waals surface area contributed by atoms with E-state index >= 15 is 0 Å². The third kappa shape index (κ3) is 3.47. The van der Waals surface area contributed by atoms with Crippen LogP contribution in [0.1, 0.15) is 22.8 Å². The molecule has 0 spiro atoms. The normalized spacial score (nSPS) is 22.9. The molecule has 1 aliphatic carbocycles. The van der Waals surface area contributed by atoms with Gasteiger partial charge < -0.3 is 33.9 Å². The van der Waals surface area contributed by atoms with Gasteiger partial charge in [0.05, 0.1) is 32.8 Å². The maximum Gasteiger partial charge on any atom is 0.309 e. The first-order chi connectivity index (χ1) is 14.4. The van der Waals surface area contributed by atoms with Crippen LogP contribution in [-0.4, -0.2) is 43.8 Å². The van der Waals surface area contributed by atoms with Gasteiger partial charge in [-0.1, -0.05) is 0 Å². The second-order valence-electron chi connectivity index (χ2n) is 7.47. The summed E-state index contributed by atoms with van der Waals surface area (Å²) in [5, 5.41) is 19.8. The van der Waals surface area contributed by atoms with Crippen molar-refractivity contribution in [3.05, 3.63) is 41.0 Å². The van der Waals surface area contributed by atoms with E-state index in [0.717, 1.165) is 16.7 Å². The number of benzene rings is 2. The molecule has 5 rings (SSSR count). The number of carbonyl (C=O) groups excluding carboxylic acids is 1. The van der Waals surface area contributed by atoms with Crippen molar-refractivity contribution in [1.82, 2.24) is 0 Å². The molecule has 160 valence electrons. The minimum atomic E-state index is -0.667. The largest absolute Gasteiger partial charge is 0.502 e. The molecule has 0 bridgehead atoms. The minimum absolute atomic E-state index is 0.0469. The predicted molar refractivity (Wildman–Crippen MR) is 105 cm³/mol. The van der Waals surface area contributed by atoms with Crippen molar-refractivity contribution in [3.8, 4) is 28.7 Å². The smallest absolute Gasteiger partial charge is 0.309 e. The maximum atomic E-state index is 11.6. The van der Waals surface area contributed by atoms with Gasteiger partial charge in [0.25, 0.3) is 0 Å². The second kappa shape index (κ2) is 7.95. The van der Waals surface area contributed by atoms with Gasteiger partial charge in [-0.2, -0.15) is 0 Å². The minimum Gasteiger partial charge on any atom is -0.502 e. The molecule has 0 amide bonds. The van der Waals surface area contributed by atoms with Crippen LogP contribution in [0.4, 0.5) is 0 Å². The lowest BCUT2D eigenvalue weighted by atomic mass is 9.75. The summed E-state index contributed by atoms with van der Waals surface area (Å²) in [6, 6.07) is 7.18. The van der Waals surface area contributed by atoms with Crippen LogP contribution in [0, 0.1) is 18.8 Å². The molecule has 1 fully saturated rings. The molecule has 2 heterocycles. The zero-order valence-corrected chi connectivity index (χ0v) is 17.0. The van der Waals surface area contributed by atoms with Gasteiger partial charge in [-0.05, 0) is 54.3 Å². The van der Waals surface area contributed by atoms with Crippen LogP contribution >= 0.6 is 0 Å². The number of ether oxygens (including phenoxy) is 5. The number of aliphatic hydroxyl groups excluding tert-OH is 1. The first-order valence-electron chi connectivity index (χ1n) is 9.61. The number of aryl methyl sites for hydroxylation is 1. The first kappa shape index (κ1) is 20.2. The van der Waals surface area contributed by atoms with Crippen LogP contribution in [0.2, 0.25) is 0 Å². The number of esters is 1. The van der Waals surface area contributed by atoms with Crippen LogP contribution in [0.3, 0.4) is 0 Å². The molecule has 3 atom stereocenters. The topological polar surface area (TPSA) is 104 Å². The number of methoxy groups -OCH3 is 2. The number of hydrogen-bond donors (Lipinski definition) is 2. The molecule has 2 aromatic rings. The number of phenolic OH excluding ortho intramolecular Hbond substituents is 1. The SMILES string of the molecule is COc1cc(C)cc(OC)c1O.O=C1OCC2C(O)c3cc4c(cc3C[C@@H]12)OCO4. The van der Waals surface area contributed by atoms with Crippen LogP contribution in [-0.2, 0) is 16.0 Å². The summed E-state index contributed by atoms with van der Waals surface area (Å²) >= 11 is 0. The fourth-order valence-corrected chi connectivity index (χ4v) is 4.07. The van der Waals surface area contributed by atoms with E-state index in [1.807, 2.05) is 19.1 Å². The Balaban J connectivity index is 0.000000159. The zero-order valence-electron chi connectivity index (χ0n) is 17.0. The summed E-state index contributed by atoms with van der Waals surface area (Å²) in [7, 11) is 3.02. The third-order valence-corrected chi connectivity index (χ3v) is 5.66. The average Bonchev–Trinajstić information content (AvgIpc) is 3.35. The molecule has 2 N–H and O–H groups in total. The number of cyclic esters (lactones) is 1. The van der Waals surface area contributed by atoms with Crippen molar-refractivity contribution in [1.29, 1.82) is 0 Å². The van der Waals surface area contributed by atoms with E-state index in [-0.39, 0.29) is 30.3 Å². The van der Waals surface area contributed by atoms with Crippen LogP contribution in [0.25, 0.3) is 0 Å². The molecule has 0 radical (unpaired) electrons. The van der Waals surface area contributed by atoms with Crippen molar-refractivity contribution in [2.45, 2.75) is 19.4 Å². The Kier molecular flexibility index (Phi) is 5.34. The van der Waals surface area contributed by atoms with E-state index in [0.29, 0.717) is 36.0 Å². The first-order valence-corrected chi connectivity index (χ1v) is 9.61. The lowest BCUT2D eigenvalue weighted by molar-refractivity contribution is -0.141. The summed E-state index contributed by atoms with van der Waals surface area (Å²) < 4.78 is 25.5. The molecule has 8 heteroatoms. The number of aliphatic hydroxyl groups is 1. The molecule has 2 aromatic carbocycles. The Labute approximate surface area is 173 Å². The fraction of sp³-hybridized carbons (Fsp3) is 0.409. The Bertz CT molecular complexity index is 945. The van der Waals surface area contributed by atoms with Crippen molar-refractivity contribution in [2.24, 2.45) is 11.8 Å². The molecular formula is C22H24O8. The van der Waals surface area contributed by atoms with Crippen molar-refractivity contribution in [3.63, 3.8) is 0 Å². The average molecular weight is 416 g/mol. The van der Waals surface area contributed by atoms with E-state index in [1.54, 1.807) is 12.1 Å². The van der Waals surface area contributed by atoms with Gasteiger partial charge in [0.2, 0.25) is 12.5 Å². The lowest BCUT2D eigenvalue weighted by Gasteiger charge is -2.29. The Morgan fingerprint density at radius 3 is 2.27 bits per heavy atom. The fourth-order valence-electron chi connectivity index (χ4n) is 4.07. The van der Waals surface area contributed by atoms with E-state index in [4.69, 9.17) is 23.7 Å². The lowest BCUT2D eigenvalue weighted by Crippen LogP contribution is -2.30. The highest BCUT2D eigenvalue weighted by Gasteiger charge is 2.46. The van der Waals surface area contributed by atoms with Crippen LogP contribution in [0.15, 0.2) is 24.3 Å². The van der Waals surface area contributed by atoms with Gasteiger partial charge in [-0.25, -0.2) is 0 Å². The number of rotatable bonds is 2. The maximum absolute atomic E-state index is 11.6. The second-order valence-corrected chi connectivity index (χ2v) is 7.47. The summed E-state index contributed by atoms with van der Waals surface area (Å²) in [5.74, 6) is 1.70. The zero-order chi connectivity index (χ0) is 21.4. The predicted octanol–water partition coefficient (Wildman–Crippen LogP) is 2.51. The molecule has 1 saturated heterocycles. The summed E-state index contributed by atoms with van der Waals surface area (Å²) in [6.45, 7) is 2.42. The Morgan fingerprint density at radius 2 is 1.63 bits per heavy atom. The summed E-state index contributed by atoms with van der Waals surface area (Å²) in [4.78, 5) is 11.6. The van der Waals surface area contributed by atoms with Crippen LogP contribution < -0.4 is 18.9 Å². The third-order valence-electron chi connectivity index (χ3n) is 5.66. The number of phenols is 1. The van der Waals surface area contributed by atoms with E-state index < -0.39 is 6.10 Å². The van der Waals surface area contributed by atoms with E-state index in [1.165, 1.54) is 14.2 Å². The molecule has 2 unspecified atom stereocenters. The Morgan fingerprint density at radius 1 is 1.00 bits per heavy atom.